The van der Waals surface area contributed by atoms with Gasteiger partial charge in [0.15, 0.2) is 0 Å². The molecule has 0 fully saturated rings. The van der Waals surface area contributed by atoms with Gasteiger partial charge in [0, 0.05) is 0 Å². The molecule has 54 valence electrons. The molecular weight excluding hydrogens is 364 g/mol. The maximum absolute atomic E-state index is 10.8. The van der Waals surface area contributed by atoms with Gasteiger partial charge in [0.05, 0.1) is 0 Å². The van der Waals surface area contributed by atoms with Crippen LogP contribution in [-0.4, -0.2) is 15.5 Å². The zero-order valence-electron chi connectivity index (χ0n) is 5.21. The van der Waals surface area contributed by atoms with Gasteiger partial charge in [0.2, 0.25) is 0 Å². The maximum atomic E-state index is 10.8. The zero-order valence-corrected chi connectivity index (χ0v) is 9.73. The number of carbonyl (C=O) groups is 1. The molecule has 3 heteroatoms. The number of allylic oxidation sites excluding steroid dienone is 3. The summed E-state index contributed by atoms with van der Waals surface area (Å²) < 4.78 is 1.90. The predicted octanol–water partition coefficient (Wildman–Crippen LogP) is 1.21. The van der Waals surface area contributed by atoms with Crippen molar-refractivity contribution >= 4 is 26.1 Å². The van der Waals surface area contributed by atoms with Crippen LogP contribution in [0.2, 0.25) is 0 Å². The molecule has 0 N–H and O–H groups in total. The fourth-order valence-corrected chi connectivity index (χ4v) is 0.919. The monoisotopic (exact) mass is 369 g/mol. The average Bonchev–Trinajstić information content (AvgIpc) is 1.98. The van der Waals surface area contributed by atoms with E-state index in [-0.39, 0.29) is 5.78 Å². The molecule has 0 radical (unpaired) electrons. The molecular formula is C7H6BrOW-. The number of carbonyl (C=O) groups excluding carboxylic acids is 1. The Balaban J connectivity index is 3.97. The molecule has 0 aromatic carbocycles. The normalized spacial score (nSPS) is 9.70. The van der Waals surface area contributed by atoms with E-state index in [1.807, 2.05) is 4.40 Å². The van der Waals surface area contributed by atoms with Gasteiger partial charge < -0.3 is 0 Å². The molecule has 0 aliphatic heterocycles. The Hall–Kier alpha value is 0.188. The summed E-state index contributed by atoms with van der Waals surface area (Å²) in [5, 5.41) is 0.291. The van der Waals surface area contributed by atoms with E-state index in [1.54, 1.807) is 12.2 Å². The van der Waals surface area contributed by atoms with Crippen molar-refractivity contribution in [1.29, 1.82) is 0 Å². The third kappa shape index (κ3) is 4.08. The van der Waals surface area contributed by atoms with Crippen LogP contribution in [-0.2, 0) is 24.1 Å². The van der Waals surface area contributed by atoms with Crippen molar-refractivity contribution < 1.29 is 24.1 Å². The summed E-state index contributed by atoms with van der Waals surface area (Å²) in [6, 6.07) is 0. The molecule has 0 atom stereocenters. The minimum absolute atomic E-state index is 0.0758. The first kappa shape index (κ1) is 10.2. The molecule has 0 spiro atoms. The van der Waals surface area contributed by atoms with E-state index in [0.29, 0.717) is 10.9 Å². The van der Waals surface area contributed by atoms with Crippen molar-refractivity contribution in [3.8, 4) is 0 Å². The minimum atomic E-state index is -0.0758. The molecule has 0 saturated heterocycles. The third-order valence-corrected chi connectivity index (χ3v) is 1.87. The van der Waals surface area contributed by atoms with Crippen LogP contribution >= 0.6 is 15.9 Å². The molecule has 0 aromatic heterocycles. The molecule has 0 saturated carbocycles. The molecule has 0 aliphatic rings. The van der Waals surface area contributed by atoms with Gasteiger partial charge in [-0.15, -0.1) is 0 Å². The Labute approximate surface area is 79.7 Å². The summed E-state index contributed by atoms with van der Waals surface area (Å²) in [6.45, 7) is 5.35. The molecule has 0 aliphatic carbocycles. The van der Waals surface area contributed by atoms with E-state index in [9.17, 15) is 4.79 Å². The van der Waals surface area contributed by atoms with Crippen LogP contribution in [0.25, 0.3) is 0 Å². The van der Waals surface area contributed by atoms with Gasteiger partial charge in [-0.1, -0.05) is 0 Å². The number of alkyl halides is 1. The number of hydrogen-bond acceptors (Lipinski definition) is 1. The summed E-state index contributed by atoms with van der Waals surface area (Å²) >= 11 is 4.36. The predicted molar refractivity (Wildman–Crippen MR) is 41.8 cm³/mol. The quantitative estimate of drug-likeness (QED) is 0.315. The molecule has 0 aromatic rings. The van der Waals surface area contributed by atoms with E-state index in [1.165, 1.54) is 19.4 Å². The van der Waals surface area contributed by atoms with Gasteiger partial charge in [0.25, 0.3) is 0 Å². The second-order valence-electron chi connectivity index (χ2n) is 1.51. The van der Waals surface area contributed by atoms with Gasteiger partial charge in [-0.05, 0) is 0 Å². The van der Waals surface area contributed by atoms with Crippen molar-refractivity contribution in [3.05, 3.63) is 24.3 Å². The molecule has 0 unspecified atom stereocenters. The third-order valence-electron chi connectivity index (χ3n) is 0.798. The number of rotatable bonds is 4. The molecule has 0 heterocycles. The summed E-state index contributed by atoms with van der Waals surface area (Å²) in [7, 11) is 0. The van der Waals surface area contributed by atoms with Crippen LogP contribution < -0.4 is 0 Å². The van der Waals surface area contributed by atoms with E-state index >= 15 is 0 Å². The molecule has 0 amide bonds. The molecule has 0 bridgehead atoms. The summed E-state index contributed by atoms with van der Waals surface area (Å²) in [5.41, 5.74) is 0.300. The standard InChI is InChI=1S/C7H6BrO.W/c1-3-4-6(2)7(9)5-8;/h1-4H,5H2;/q-1;/b4-3-;. The first-order valence-corrected chi connectivity index (χ1v) is 5.37. The number of halogens is 1. The van der Waals surface area contributed by atoms with Crippen LogP contribution in [0.4, 0.5) is 0 Å². The van der Waals surface area contributed by atoms with E-state index in [2.05, 4.69) is 15.9 Å². The first-order chi connectivity index (χ1) is 4.72. The van der Waals surface area contributed by atoms with Crippen LogP contribution in [0.1, 0.15) is 0 Å². The zero-order chi connectivity index (χ0) is 7.98. The average molecular weight is 370 g/mol. The second kappa shape index (κ2) is 5.93. The first-order valence-electron chi connectivity index (χ1n) is 2.55. The Morgan fingerprint density at radius 2 is 2.30 bits per heavy atom. The van der Waals surface area contributed by atoms with Crippen LogP contribution in [0.3, 0.4) is 0 Å². The second-order valence-corrected chi connectivity index (χ2v) is 3.05. The van der Waals surface area contributed by atoms with Crippen molar-refractivity contribution in [2.75, 3.05) is 5.33 Å². The van der Waals surface area contributed by atoms with E-state index in [0.717, 1.165) is 0 Å². The van der Waals surface area contributed by atoms with Gasteiger partial charge in [-0.2, -0.15) is 0 Å². The van der Waals surface area contributed by atoms with Crippen molar-refractivity contribution in [2.45, 2.75) is 0 Å². The van der Waals surface area contributed by atoms with Crippen LogP contribution in [0.15, 0.2) is 17.7 Å². The van der Waals surface area contributed by atoms with Gasteiger partial charge in [-0.3, -0.25) is 0 Å². The number of Topliss-reactive ketones (excluding diaryl/α,β-unsaturated/α-hetero) is 1. The Bertz CT molecular complexity index is 184. The van der Waals surface area contributed by atoms with E-state index in [4.69, 9.17) is 6.58 Å². The number of hydrogen-bond donors (Lipinski definition) is 0. The molecule has 1 nitrogen and oxygen atoms in total. The number of ketones is 1. The van der Waals surface area contributed by atoms with E-state index < -0.39 is 0 Å². The molecule has 0 rings (SSSR count). The fraction of sp³-hybridized carbons (Fsp3) is 0.143. The fourth-order valence-electron chi connectivity index (χ4n) is 0.313. The van der Waals surface area contributed by atoms with Gasteiger partial charge in [-0.25, -0.2) is 0 Å². The van der Waals surface area contributed by atoms with Crippen molar-refractivity contribution in [2.24, 2.45) is 0 Å². The molecule has 10 heavy (non-hydrogen) atoms. The van der Waals surface area contributed by atoms with Crippen molar-refractivity contribution in [1.82, 2.24) is 0 Å². The summed E-state index contributed by atoms with van der Waals surface area (Å²) in [5.74, 6) is -0.0758. The Morgan fingerprint density at radius 3 is 2.70 bits per heavy atom. The summed E-state index contributed by atoms with van der Waals surface area (Å²) in [4.78, 5) is 10.8. The Morgan fingerprint density at radius 1 is 1.70 bits per heavy atom. The van der Waals surface area contributed by atoms with Crippen molar-refractivity contribution in [3.63, 3.8) is 0 Å². The summed E-state index contributed by atoms with van der Waals surface area (Å²) in [6.07, 6.45) is 3.38. The van der Waals surface area contributed by atoms with Gasteiger partial charge in [0.1, 0.15) is 0 Å². The van der Waals surface area contributed by atoms with Crippen LogP contribution in [0.5, 0.6) is 0 Å². The Kier molecular flexibility index (Phi) is 6.05. The van der Waals surface area contributed by atoms with Gasteiger partial charge >= 0.3 is 79.9 Å². The van der Waals surface area contributed by atoms with Crippen LogP contribution in [0, 0.1) is 6.58 Å². The topological polar surface area (TPSA) is 17.1 Å². The SMILES string of the molecule is [CH-]=C(/C=C\[CH]=[W])C(=O)CBr.